The fraction of sp³-hybridized carbons (Fsp3) is 0.250. The number of hydrogen-bond donors (Lipinski definition) is 1. The SMILES string of the molecule is CNc1c[c]c(C)cc1. The van der Waals surface area contributed by atoms with Crippen LogP contribution < -0.4 is 5.32 Å². The first-order chi connectivity index (χ1) is 4.33. The van der Waals surface area contributed by atoms with E-state index < -0.39 is 0 Å². The number of rotatable bonds is 1. The zero-order chi connectivity index (χ0) is 6.69. The minimum Gasteiger partial charge on any atom is -0.388 e. The van der Waals surface area contributed by atoms with Crippen LogP contribution in [0.4, 0.5) is 5.69 Å². The van der Waals surface area contributed by atoms with Gasteiger partial charge in [0.1, 0.15) is 0 Å². The third-order valence-corrected chi connectivity index (χ3v) is 1.26. The van der Waals surface area contributed by atoms with Gasteiger partial charge in [-0.05, 0) is 30.7 Å². The number of benzene rings is 1. The molecule has 0 fully saturated rings. The van der Waals surface area contributed by atoms with Crippen LogP contribution in [-0.4, -0.2) is 7.05 Å². The summed E-state index contributed by atoms with van der Waals surface area (Å²) < 4.78 is 0. The highest BCUT2D eigenvalue weighted by Gasteiger charge is 1.84. The van der Waals surface area contributed by atoms with Gasteiger partial charge in [-0.3, -0.25) is 0 Å². The van der Waals surface area contributed by atoms with Gasteiger partial charge in [-0.15, -0.1) is 0 Å². The Morgan fingerprint density at radius 2 is 2.22 bits per heavy atom. The maximum atomic E-state index is 3.09. The Morgan fingerprint density at radius 3 is 2.67 bits per heavy atom. The third-order valence-electron chi connectivity index (χ3n) is 1.26. The molecule has 1 N–H and O–H groups in total. The second kappa shape index (κ2) is 2.53. The number of anilines is 1. The highest BCUT2D eigenvalue weighted by atomic mass is 14.8. The van der Waals surface area contributed by atoms with Gasteiger partial charge in [0.05, 0.1) is 0 Å². The van der Waals surface area contributed by atoms with E-state index in [0.717, 1.165) is 5.69 Å². The van der Waals surface area contributed by atoms with Gasteiger partial charge in [0.25, 0.3) is 0 Å². The number of nitrogens with one attached hydrogen (secondary N) is 1. The lowest BCUT2D eigenvalue weighted by Crippen LogP contribution is -1.86. The zero-order valence-corrected chi connectivity index (χ0v) is 5.73. The van der Waals surface area contributed by atoms with Gasteiger partial charge < -0.3 is 5.32 Å². The molecule has 0 aromatic heterocycles. The molecular formula is C8H10N. The van der Waals surface area contributed by atoms with E-state index in [4.69, 9.17) is 0 Å². The number of aryl methyl sites for hydroxylation is 1. The maximum absolute atomic E-state index is 3.09. The standard InChI is InChI=1S/C8H10N/c1-7-3-5-8(9-2)6-4-7/h3,5-6,9H,1-2H3. The van der Waals surface area contributed by atoms with Gasteiger partial charge in [0.2, 0.25) is 0 Å². The Labute approximate surface area is 55.7 Å². The predicted octanol–water partition coefficient (Wildman–Crippen LogP) is 1.84. The predicted molar refractivity (Wildman–Crippen MR) is 39.6 cm³/mol. The van der Waals surface area contributed by atoms with Crippen LogP contribution in [0.2, 0.25) is 0 Å². The molecule has 1 nitrogen and oxygen atoms in total. The molecule has 0 saturated carbocycles. The van der Waals surface area contributed by atoms with E-state index in [1.807, 2.05) is 32.2 Å². The van der Waals surface area contributed by atoms with Crippen LogP contribution in [0, 0.1) is 13.0 Å². The van der Waals surface area contributed by atoms with Gasteiger partial charge in [-0.2, -0.15) is 0 Å². The lowest BCUT2D eigenvalue weighted by molar-refractivity contribution is 1.43. The topological polar surface area (TPSA) is 12.0 Å². The molecule has 1 aromatic rings. The Morgan fingerprint density at radius 1 is 1.44 bits per heavy atom. The second-order valence-electron chi connectivity index (χ2n) is 2.01. The largest absolute Gasteiger partial charge is 0.388 e. The summed E-state index contributed by atoms with van der Waals surface area (Å²) in [5, 5.41) is 3.02. The molecule has 0 unspecified atom stereocenters. The summed E-state index contributed by atoms with van der Waals surface area (Å²) >= 11 is 0. The highest BCUT2D eigenvalue weighted by Crippen LogP contribution is 2.05. The second-order valence-corrected chi connectivity index (χ2v) is 2.01. The van der Waals surface area contributed by atoms with Gasteiger partial charge in [0, 0.05) is 12.7 Å². The molecule has 0 heterocycles. The summed E-state index contributed by atoms with van der Waals surface area (Å²) in [6.07, 6.45) is 0. The quantitative estimate of drug-likeness (QED) is 0.596. The van der Waals surface area contributed by atoms with Crippen LogP contribution >= 0.6 is 0 Å². The van der Waals surface area contributed by atoms with E-state index in [2.05, 4.69) is 11.4 Å². The molecule has 0 aliphatic carbocycles. The molecule has 1 aromatic carbocycles. The normalized spacial score (nSPS) is 9.11. The summed E-state index contributed by atoms with van der Waals surface area (Å²) in [4.78, 5) is 0. The molecule has 0 saturated heterocycles. The van der Waals surface area contributed by atoms with Crippen molar-refractivity contribution in [3.05, 3.63) is 29.8 Å². The fourth-order valence-corrected chi connectivity index (χ4v) is 0.658. The maximum Gasteiger partial charge on any atom is 0.0343 e. The van der Waals surface area contributed by atoms with E-state index in [9.17, 15) is 0 Å². The van der Waals surface area contributed by atoms with Crippen molar-refractivity contribution in [2.45, 2.75) is 6.92 Å². The molecule has 0 bridgehead atoms. The summed E-state index contributed by atoms with van der Waals surface area (Å²) in [5.74, 6) is 0. The number of hydrogen-bond acceptors (Lipinski definition) is 1. The van der Waals surface area contributed by atoms with Crippen LogP contribution in [0.3, 0.4) is 0 Å². The minimum atomic E-state index is 1.11. The first-order valence-electron chi connectivity index (χ1n) is 2.99. The van der Waals surface area contributed by atoms with Gasteiger partial charge >= 0.3 is 0 Å². The van der Waals surface area contributed by atoms with Crippen molar-refractivity contribution in [2.24, 2.45) is 0 Å². The molecule has 0 spiro atoms. The molecule has 0 atom stereocenters. The van der Waals surface area contributed by atoms with Crippen LogP contribution in [0.5, 0.6) is 0 Å². The van der Waals surface area contributed by atoms with E-state index in [1.165, 1.54) is 5.56 Å². The summed E-state index contributed by atoms with van der Waals surface area (Å²) in [5.41, 5.74) is 2.29. The molecule has 1 heteroatoms. The molecule has 1 rings (SSSR count). The van der Waals surface area contributed by atoms with Crippen molar-refractivity contribution in [3.8, 4) is 0 Å². The van der Waals surface area contributed by atoms with Gasteiger partial charge in [-0.1, -0.05) is 6.07 Å². The molecule has 0 aliphatic rings. The molecular weight excluding hydrogens is 110 g/mol. The van der Waals surface area contributed by atoms with E-state index >= 15 is 0 Å². The summed E-state index contributed by atoms with van der Waals surface area (Å²) in [6.45, 7) is 2.03. The first kappa shape index (κ1) is 6.14. The van der Waals surface area contributed by atoms with Crippen LogP contribution in [0.1, 0.15) is 5.56 Å². The van der Waals surface area contributed by atoms with Crippen molar-refractivity contribution in [3.63, 3.8) is 0 Å². The van der Waals surface area contributed by atoms with Crippen molar-refractivity contribution in [1.29, 1.82) is 0 Å². The summed E-state index contributed by atoms with van der Waals surface area (Å²) in [6, 6.07) is 9.10. The van der Waals surface area contributed by atoms with E-state index in [-0.39, 0.29) is 0 Å². The Kier molecular flexibility index (Phi) is 1.73. The van der Waals surface area contributed by atoms with Crippen LogP contribution in [0.25, 0.3) is 0 Å². The van der Waals surface area contributed by atoms with Crippen molar-refractivity contribution < 1.29 is 0 Å². The van der Waals surface area contributed by atoms with Crippen LogP contribution in [-0.2, 0) is 0 Å². The van der Waals surface area contributed by atoms with Gasteiger partial charge in [0.15, 0.2) is 0 Å². The Bertz CT molecular complexity index is 176. The molecule has 47 valence electrons. The molecule has 0 amide bonds. The van der Waals surface area contributed by atoms with Crippen LogP contribution in [0.15, 0.2) is 18.2 Å². The highest BCUT2D eigenvalue weighted by molar-refractivity contribution is 5.42. The lowest BCUT2D eigenvalue weighted by Gasteiger charge is -1.96. The fourth-order valence-electron chi connectivity index (χ4n) is 0.658. The van der Waals surface area contributed by atoms with Crippen molar-refractivity contribution in [2.75, 3.05) is 12.4 Å². The third kappa shape index (κ3) is 1.46. The average molecular weight is 120 g/mol. The molecule has 0 aliphatic heterocycles. The Hall–Kier alpha value is -0.980. The van der Waals surface area contributed by atoms with E-state index in [1.54, 1.807) is 0 Å². The van der Waals surface area contributed by atoms with Gasteiger partial charge in [-0.25, -0.2) is 0 Å². The zero-order valence-electron chi connectivity index (χ0n) is 5.73. The smallest absolute Gasteiger partial charge is 0.0343 e. The molecule has 9 heavy (non-hydrogen) atoms. The Balaban J connectivity index is 2.88. The first-order valence-corrected chi connectivity index (χ1v) is 2.99. The summed E-state index contributed by atoms with van der Waals surface area (Å²) in [7, 11) is 1.90. The van der Waals surface area contributed by atoms with E-state index in [0.29, 0.717) is 0 Å². The lowest BCUT2D eigenvalue weighted by atomic mass is 10.2. The minimum absolute atomic E-state index is 1.11. The molecule has 1 radical (unpaired) electrons. The average Bonchev–Trinajstić information content (AvgIpc) is 1.90. The van der Waals surface area contributed by atoms with Crippen molar-refractivity contribution >= 4 is 5.69 Å². The van der Waals surface area contributed by atoms with Crippen molar-refractivity contribution in [1.82, 2.24) is 0 Å². The monoisotopic (exact) mass is 120 g/mol.